The van der Waals surface area contributed by atoms with Gasteiger partial charge in [-0.2, -0.15) is 0 Å². The molecule has 0 radical (unpaired) electrons. The molecule has 2 N–H and O–H groups in total. The van der Waals surface area contributed by atoms with E-state index in [1.165, 1.54) is 11.3 Å². The first-order chi connectivity index (χ1) is 9.16. The summed E-state index contributed by atoms with van der Waals surface area (Å²) in [5.41, 5.74) is 2.73. The average molecular weight is 283 g/mol. The quantitative estimate of drug-likeness (QED) is 0.869. The van der Waals surface area contributed by atoms with Crippen molar-refractivity contribution in [2.45, 2.75) is 19.3 Å². The molecule has 1 aliphatic rings. The maximum Gasteiger partial charge on any atom is 0.317 e. The van der Waals surface area contributed by atoms with Crippen molar-refractivity contribution in [1.29, 1.82) is 0 Å². The standard InChI is InChI=1S/C12H17N3O3S/c16-11(17)9-2-1-5-15(6-9)12(18)13-4-3-10-7-19-8-14-10/h7-9H,1-6H2,(H,13,18)(H,16,17)/t9-/m1/s1. The number of piperidine rings is 1. The Morgan fingerprint density at radius 3 is 3.11 bits per heavy atom. The second kappa shape index (κ2) is 6.51. The highest BCUT2D eigenvalue weighted by Gasteiger charge is 2.27. The van der Waals surface area contributed by atoms with E-state index in [0.717, 1.165) is 12.1 Å². The van der Waals surface area contributed by atoms with Crippen LogP contribution in [0, 0.1) is 5.92 Å². The van der Waals surface area contributed by atoms with Crippen LogP contribution in [0.1, 0.15) is 18.5 Å². The molecule has 2 amide bonds. The minimum Gasteiger partial charge on any atom is -0.481 e. The van der Waals surface area contributed by atoms with Crippen molar-refractivity contribution >= 4 is 23.3 Å². The number of urea groups is 1. The summed E-state index contributed by atoms with van der Waals surface area (Å²) in [7, 11) is 0. The summed E-state index contributed by atoms with van der Waals surface area (Å²) in [6, 6.07) is -0.179. The molecule has 1 aliphatic heterocycles. The fraction of sp³-hybridized carbons (Fsp3) is 0.583. The normalized spacial score (nSPS) is 19.2. The third-order valence-electron chi connectivity index (χ3n) is 3.20. The number of nitrogens with one attached hydrogen (secondary N) is 1. The van der Waals surface area contributed by atoms with Crippen LogP contribution in [0.25, 0.3) is 0 Å². The van der Waals surface area contributed by atoms with E-state index in [1.54, 1.807) is 10.4 Å². The molecule has 19 heavy (non-hydrogen) atoms. The summed E-state index contributed by atoms with van der Waals surface area (Å²) >= 11 is 1.53. The molecular formula is C12H17N3O3S. The maximum absolute atomic E-state index is 11.9. The van der Waals surface area contributed by atoms with Crippen LogP contribution in [0.2, 0.25) is 0 Å². The number of hydrogen-bond donors (Lipinski definition) is 2. The first-order valence-corrected chi connectivity index (χ1v) is 7.23. The van der Waals surface area contributed by atoms with Crippen LogP contribution >= 0.6 is 11.3 Å². The van der Waals surface area contributed by atoms with Crippen LogP contribution in [0.3, 0.4) is 0 Å². The number of carbonyl (C=O) groups excluding carboxylic acids is 1. The van der Waals surface area contributed by atoms with Crippen molar-refractivity contribution < 1.29 is 14.7 Å². The van der Waals surface area contributed by atoms with Gasteiger partial charge in [-0.15, -0.1) is 11.3 Å². The largest absolute Gasteiger partial charge is 0.481 e. The molecule has 6 nitrogen and oxygen atoms in total. The SMILES string of the molecule is O=C(O)[C@@H]1CCCN(C(=O)NCCc2cscn2)C1. The van der Waals surface area contributed by atoms with Crippen LogP contribution in [-0.2, 0) is 11.2 Å². The van der Waals surface area contributed by atoms with Gasteiger partial charge in [0.25, 0.3) is 0 Å². The number of carboxylic acid groups (broad SMARTS) is 1. The summed E-state index contributed by atoms with van der Waals surface area (Å²) < 4.78 is 0. The fourth-order valence-corrected chi connectivity index (χ4v) is 2.73. The number of hydrogen-bond acceptors (Lipinski definition) is 4. The Morgan fingerprint density at radius 2 is 2.42 bits per heavy atom. The molecule has 0 saturated carbocycles. The number of aliphatic carboxylic acids is 1. The smallest absolute Gasteiger partial charge is 0.317 e. The fourth-order valence-electron chi connectivity index (χ4n) is 2.13. The molecule has 0 aromatic carbocycles. The van der Waals surface area contributed by atoms with Crippen LogP contribution in [0.4, 0.5) is 4.79 Å². The van der Waals surface area contributed by atoms with E-state index in [1.807, 2.05) is 5.38 Å². The van der Waals surface area contributed by atoms with Gasteiger partial charge >= 0.3 is 12.0 Å². The zero-order valence-corrected chi connectivity index (χ0v) is 11.4. The number of likely N-dealkylation sites (tertiary alicyclic amines) is 1. The van der Waals surface area contributed by atoms with Crippen LogP contribution in [0.15, 0.2) is 10.9 Å². The van der Waals surface area contributed by atoms with E-state index < -0.39 is 11.9 Å². The van der Waals surface area contributed by atoms with E-state index in [9.17, 15) is 9.59 Å². The van der Waals surface area contributed by atoms with E-state index in [-0.39, 0.29) is 6.03 Å². The van der Waals surface area contributed by atoms with E-state index >= 15 is 0 Å². The van der Waals surface area contributed by atoms with Gasteiger partial charge in [-0.3, -0.25) is 4.79 Å². The zero-order chi connectivity index (χ0) is 13.7. The predicted molar refractivity (Wildman–Crippen MR) is 71.1 cm³/mol. The van der Waals surface area contributed by atoms with Gasteiger partial charge in [-0.1, -0.05) is 0 Å². The Labute approximate surface area is 115 Å². The monoisotopic (exact) mass is 283 g/mol. The van der Waals surface area contributed by atoms with Crippen molar-refractivity contribution in [3.63, 3.8) is 0 Å². The van der Waals surface area contributed by atoms with Gasteiger partial charge in [0, 0.05) is 31.4 Å². The minimum atomic E-state index is -0.819. The van der Waals surface area contributed by atoms with Gasteiger partial charge in [0.1, 0.15) is 0 Å². The van der Waals surface area contributed by atoms with Gasteiger partial charge in [0.15, 0.2) is 0 Å². The van der Waals surface area contributed by atoms with E-state index in [4.69, 9.17) is 5.11 Å². The van der Waals surface area contributed by atoms with E-state index in [0.29, 0.717) is 32.5 Å². The minimum absolute atomic E-state index is 0.179. The second-order valence-corrected chi connectivity index (χ2v) is 5.30. The number of carboxylic acids is 1. The number of aromatic nitrogens is 1. The Hall–Kier alpha value is -1.63. The van der Waals surface area contributed by atoms with Crippen molar-refractivity contribution in [1.82, 2.24) is 15.2 Å². The molecule has 1 aromatic heterocycles. The number of nitrogens with zero attached hydrogens (tertiary/aromatic N) is 2. The predicted octanol–water partition coefficient (Wildman–Crippen LogP) is 1.19. The number of carbonyl (C=O) groups is 2. The number of thiazole rings is 1. The van der Waals surface area contributed by atoms with Crippen molar-refractivity contribution in [2.24, 2.45) is 5.92 Å². The van der Waals surface area contributed by atoms with Crippen molar-refractivity contribution in [3.05, 3.63) is 16.6 Å². The molecule has 0 unspecified atom stereocenters. The second-order valence-electron chi connectivity index (χ2n) is 4.59. The Kier molecular flexibility index (Phi) is 4.73. The molecule has 7 heteroatoms. The highest BCUT2D eigenvalue weighted by atomic mass is 32.1. The lowest BCUT2D eigenvalue weighted by molar-refractivity contribution is -0.143. The van der Waals surface area contributed by atoms with Crippen LogP contribution < -0.4 is 5.32 Å². The molecule has 0 aliphatic carbocycles. The topological polar surface area (TPSA) is 82.5 Å². The third kappa shape index (κ3) is 3.92. The Morgan fingerprint density at radius 1 is 1.58 bits per heavy atom. The molecule has 1 aromatic rings. The van der Waals surface area contributed by atoms with Crippen molar-refractivity contribution in [3.8, 4) is 0 Å². The van der Waals surface area contributed by atoms with E-state index in [2.05, 4.69) is 10.3 Å². The number of amides is 2. The molecule has 2 rings (SSSR count). The molecule has 1 fully saturated rings. The van der Waals surface area contributed by atoms with Crippen molar-refractivity contribution in [2.75, 3.05) is 19.6 Å². The van der Waals surface area contributed by atoms with Gasteiger partial charge in [-0.25, -0.2) is 9.78 Å². The van der Waals surface area contributed by atoms with Gasteiger partial charge in [0.2, 0.25) is 0 Å². The lowest BCUT2D eigenvalue weighted by Gasteiger charge is -2.30. The lowest BCUT2D eigenvalue weighted by Crippen LogP contribution is -2.47. The maximum atomic E-state index is 11.9. The highest BCUT2D eigenvalue weighted by molar-refractivity contribution is 7.07. The molecule has 0 spiro atoms. The summed E-state index contributed by atoms with van der Waals surface area (Å²) in [4.78, 5) is 28.5. The summed E-state index contributed by atoms with van der Waals surface area (Å²) in [6.45, 7) is 1.46. The van der Waals surface area contributed by atoms with Crippen LogP contribution in [-0.4, -0.2) is 46.6 Å². The van der Waals surface area contributed by atoms with Gasteiger partial charge in [-0.05, 0) is 12.8 Å². The highest BCUT2D eigenvalue weighted by Crippen LogP contribution is 2.16. The molecule has 1 atom stereocenters. The molecule has 104 valence electrons. The van der Waals surface area contributed by atoms with Gasteiger partial charge < -0.3 is 15.3 Å². The summed E-state index contributed by atoms with van der Waals surface area (Å²) in [6.07, 6.45) is 2.10. The summed E-state index contributed by atoms with van der Waals surface area (Å²) in [5.74, 6) is -1.25. The first-order valence-electron chi connectivity index (χ1n) is 6.29. The molecule has 2 heterocycles. The first kappa shape index (κ1) is 13.8. The lowest BCUT2D eigenvalue weighted by atomic mass is 9.99. The summed E-state index contributed by atoms with van der Waals surface area (Å²) in [5, 5.41) is 13.7. The Balaban J connectivity index is 1.74. The molecule has 0 bridgehead atoms. The van der Waals surface area contributed by atoms with Gasteiger partial charge in [0.05, 0.1) is 17.1 Å². The van der Waals surface area contributed by atoms with Crippen LogP contribution in [0.5, 0.6) is 0 Å². The number of rotatable bonds is 4. The molecule has 1 saturated heterocycles. The molecular weight excluding hydrogens is 266 g/mol. The zero-order valence-electron chi connectivity index (χ0n) is 10.5. The third-order valence-corrected chi connectivity index (χ3v) is 3.83. The average Bonchev–Trinajstić information content (AvgIpc) is 2.92. The Bertz CT molecular complexity index is 435.